The highest BCUT2D eigenvalue weighted by Gasteiger charge is 2.56. The van der Waals surface area contributed by atoms with E-state index in [0.717, 1.165) is 11.4 Å². The molecule has 1 atom stereocenters. The van der Waals surface area contributed by atoms with Gasteiger partial charge in [-0.3, -0.25) is 4.79 Å². The second-order valence-corrected chi connectivity index (χ2v) is 8.51. The zero-order valence-corrected chi connectivity index (χ0v) is 16.5. The van der Waals surface area contributed by atoms with Gasteiger partial charge in [0.15, 0.2) is 5.78 Å². The van der Waals surface area contributed by atoms with E-state index in [1.54, 1.807) is 17.1 Å². The second-order valence-electron chi connectivity index (χ2n) is 5.47. The van der Waals surface area contributed by atoms with Crippen LogP contribution in [0.2, 0.25) is 5.02 Å². The Bertz CT molecular complexity index is 827. The minimum atomic E-state index is -0.820. The maximum absolute atomic E-state index is 12.1. The van der Waals surface area contributed by atoms with Gasteiger partial charge >= 0.3 is 5.97 Å². The van der Waals surface area contributed by atoms with Gasteiger partial charge in [0.05, 0.1) is 17.7 Å². The lowest BCUT2D eigenvalue weighted by atomic mass is 10.3. The molecule has 0 aromatic heterocycles. The third kappa shape index (κ3) is 2.92. The van der Waals surface area contributed by atoms with Gasteiger partial charge in [-0.1, -0.05) is 29.4 Å². The monoisotopic (exact) mass is 397 g/mol. The van der Waals surface area contributed by atoms with Crippen molar-refractivity contribution in [1.29, 1.82) is 0 Å². The highest BCUT2D eigenvalue weighted by molar-refractivity contribution is 8.28. The Kier molecular flexibility index (Phi) is 4.78. The lowest BCUT2D eigenvalue weighted by molar-refractivity contribution is -0.132. The molecule has 2 aliphatic rings. The van der Waals surface area contributed by atoms with Crippen LogP contribution in [0.3, 0.4) is 0 Å². The fourth-order valence-electron chi connectivity index (χ4n) is 2.58. The number of methoxy groups -OCH3 is 1. The fourth-order valence-corrected chi connectivity index (χ4v) is 5.67. The number of halogens is 1. The quantitative estimate of drug-likeness (QED) is 0.723. The molecule has 0 saturated carbocycles. The molecule has 0 radical (unpaired) electrons. The Balaban J connectivity index is 2.10. The normalized spacial score (nSPS) is 22.7. The standard InChI is InChI=1S/C16H16ClN3O3S2/c1-9-13(10(2)21)24-16(19(9)3)20(12-7-5-6-11(17)8-12)18-14(25-16)15(22)23-4/h5-8H,1-4H3. The van der Waals surface area contributed by atoms with E-state index >= 15 is 0 Å². The summed E-state index contributed by atoms with van der Waals surface area (Å²) in [5.41, 5.74) is 1.55. The van der Waals surface area contributed by atoms with E-state index in [-0.39, 0.29) is 10.8 Å². The van der Waals surface area contributed by atoms with Gasteiger partial charge in [-0.25, -0.2) is 9.80 Å². The molecule has 0 amide bonds. The van der Waals surface area contributed by atoms with Crippen molar-refractivity contribution >= 4 is 57.6 Å². The van der Waals surface area contributed by atoms with Gasteiger partial charge in [-0.05, 0) is 43.8 Å². The average Bonchev–Trinajstić information content (AvgIpc) is 3.08. The van der Waals surface area contributed by atoms with Crippen LogP contribution in [0.4, 0.5) is 5.69 Å². The summed E-state index contributed by atoms with van der Waals surface area (Å²) in [5.74, 6) is -0.541. The van der Waals surface area contributed by atoms with Crippen LogP contribution in [0, 0.1) is 0 Å². The lowest BCUT2D eigenvalue weighted by Gasteiger charge is -2.39. The van der Waals surface area contributed by atoms with E-state index in [1.807, 2.05) is 31.0 Å². The zero-order valence-electron chi connectivity index (χ0n) is 14.1. The lowest BCUT2D eigenvalue weighted by Crippen LogP contribution is -2.47. The Morgan fingerprint density at radius 2 is 2.04 bits per heavy atom. The van der Waals surface area contributed by atoms with Gasteiger partial charge in [0.25, 0.3) is 0 Å². The number of esters is 1. The Hall–Kier alpha value is -1.64. The van der Waals surface area contributed by atoms with Crippen LogP contribution in [0.1, 0.15) is 13.8 Å². The number of Topliss-reactive ketones (excluding diaryl/α,β-unsaturated/α-hetero) is 1. The van der Waals surface area contributed by atoms with Crippen molar-refractivity contribution in [2.75, 3.05) is 19.2 Å². The van der Waals surface area contributed by atoms with Crippen molar-refractivity contribution in [3.05, 3.63) is 39.9 Å². The first-order valence-electron chi connectivity index (χ1n) is 7.36. The van der Waals surface area contributed by atoms with Crippen LogP contribution in [0.15, 0.2) is 40.0 Å². The molecule has 6 nitrogen and oxygen atoms in total. The average molecular weight is 398 g/mol. The van der Waals surface area contributed by atoms with Crippen molar-refractivity contribution in [3.8, 4) is 0 Å². The molecule has 0 N–H and O–H groups in total. The number of benzene rings is 1. The summed E-state index contributed by atoms with van der Waals surface area (Å²) in [7, 11) is 3.19. The molecule has 1 spiro atoms. The summed E-state index contributed by atoms with van der Waals surface area (Å²) in [4.78, 5) is 26.7. The number of allylic oxidation sites excluding steroid dienone is 2. The maximum Gasteiger partial charge on any atom is 0.365 e. The van der Waals surface area contributed by atoms with Gasteiger partial charge in [0.1, 0.15) is 0 Å². The van der Waals surface area contributed by atoms with E-state index in [9.17, 15) is 9.59 Å². The third-order valence-corrected chi connectivity index (χ3v) is 7.30. The number of carbonyl (C=O) groups excluding carboxylic acids is 2. The molecular formula is C16H16ClN3O3S2. The van der Waals surface area contributed by atoms with Crippen molar-refractivity contribution in [2.24, 2.45) is 5.10 Å². The molecule has 25 heavy (non-hydrogen) atoms. The first-order valence-corrected chi connectivity index (χ1v) is 9.37. The summed E-state index contributed by atoms with van der Waals surface area (Å²) >= 11 is 8.74. The predicted octanol–water partition coefficient (Wildman–Crippen LogP) is 3.49. The van der Waals surface area contributed by atoms with Crippen LogP contribution < -0.4 is 5.01 Å². The fraction of sp³-hybridized carbons (Fsp3) is 0.312. The van der Waals surface area contributed by atoms with Crippen molar-refractivity contribution in [3.63, 3.8) is 0 Å². The SMILES string of the molecule is COC(=O)C1=NN(c2cccc(Cl)c2)C2(S1)SC(C(C)=O)=C(C)N2C. The molecule has 132 valence electrons. The molecule has 1 aromatic carbocycles. The summed E-state index contributed by atoms with van der Waals surface area (Å²) in [6, 6.07) is 7.20. The van der Waals surface area contributed by atoms with Crippen LogP contribution >= 0.6 is 35.1 Å². The van der Waals surface area contributed by atoms with Gasteiger partial charge in [0.2, 0.25) is 9.37 Å². The minimum Gasteiger partial charge on any atom is -0.464 e. The largest absolute Gasteiger partial charge is 0.464 e. The van der Waals surface area contributed by atoms with Gasteiger partial charge < -0.3 is 9.64 Å². The van der Waals surface area contributed by atoms with Gasteiger partial charge in [-0.2, -0.15) is 5.10 Å². The molecule has 2 heterocycles. The minimum absolute atomic E-state index is 0.0237. The van der Waals surface area contributed by atoms with Crippen molar-refractivity contribution in [2.45, 2.75) is 18.2 Å². The molecule has 0 aliphatic carbocycles. The van der Waals surface area contributed by atoms with Crippen molar-refractivity contribution < 1.29 is 14.3 Å². The molecule has 0 fully saturated rings. The number of thioether (sulfide) groups is 2. The van der Waals surface area contributed by atoms with E-state index in [0.29, 0.717) is 9.93 Å². The van der Waals surface area contributed by atoms with E-state index < -0.39 is 10.3 Å². The van der Waals surface area contributed by atoms with Crippen molar-refractivity contribution in [1.82, 2.24) is 4.90 Å². The Morgan fingerprint density at radius 1 is 1.32 bits per heavy atom. The number of hydrazone groups is 1. The van der Waals surface area contributed by atoms with E-state index in [4.69, 9.17) is 16.3 Å². The zero-order chi connectivity index (χ0) is 18.4. The van der Waals surface area contributed by atoms with Crippen LogP contribution in [-0.2, 0) is 14.3 Å². The highest BCUT2D eigenvalue weighted by atomic mass is 35.5. The van der Waals surface area contributed by atoms with Gasteiger partial charge in [0, 0.05) is 17.8 Å². The van der Waals surface area contributed by atoms with Crippen LogP contribution in [-0.4, -0.2) is 40.2 Å². The maximum atomic E-state index is 12.1. The molecule has 0 bridgehead atoms. The molecule has 9 heteroatoms. The molecule has 1 unspecified atom stereocenters. The summed E-state index contributed by atoms with van der Waals surface area (Å²) < 4.78 is 4.01. The first kappa shape index (κ1) is 18.2. The molecule has 1 aromatic rings. The first-order chi connectivity index (χ1) is 11.8. The van der Waals surface area contributed by atoms with E-state index in [2.05, 4.69) is 5.10 Å². The van der Waals surface area contributed by atoms with Gasteiger partial charge in [-0.15, -0.1) is 0 Å². The van der Waals surface area contributed by atoms with Crippen LogP contribution in [0.5, 0.6) is 0 Å². The molecule has 3 rings (SSSR count). The molecule has 0 saturated heterocycles. The Morgan fingerprint density at radius 3 is 2.60 bits per heavy atom. The summed E-state index contributed by atoms with van der Waals surface area (Å²) in [5, 5.41) is 6.95. The van der Waals surface area contributed by atoms with Crippen LogP contribution in [0.25, 0.3) is 0 Å². The number of nitrogens with zero attached hydrogens (tertiary/aromatic N) is 3. The Labute approximate surface area is 159 Å². The summed E-state index contributed by atoms with van der Waals surface area (Å²) in [6.07, 6.45) is 0. The molecular weight excluding hydrogens is 382 g/mol. The second kappa shape index (κ2) is 6.59. The third-order valence-electron chi connectivity index (χ3n) is 3.91. The number of hydrogen-bond acceptors (Lipinski definition) is 8. The number of ketones is 1. The number of rotatable bonds is 3. The number of carbonyl (C=O) groups is 2. The van der Waals surface area contributed by atoms with E-state index in [1.165, 1.54) is 37.6 Å². The summed E-state index contributed by atoms with van der Waals surface area (Å²) in [6.45, 7) is 3.41. The number of ether oxygens (including phenoxy) is 1. The smallest absolute Gasteiger partial charge is 0.365 e. The number of hydrogen-bond donors (Lipinski definition) is 0. The topological polar surface area (TPSA) is 62.2 Å². The highest BCUT2D eigenvalue weighted by Crippen LogP contribution is 2.58. The number of anilines is 1. The predicted molar refractivity (Wildman–Crippen MR) is 102 cm³/mol. The molecule has 2 aliphatic heterocycles.